The fraction of sp³-hybridized carbons (Fsp3) is 0.857. The fourth-order valence-corrected chi connectivity index (χ4v) is 7.67. The number of rotatable bonds is 7. The Kier molecular flexibility index (Phi) is 7.81. The predicted octanol–water partition coefficient (Wildman–Crippen LogP) is 5.89. The van der Waals surface area contributed by atoms with Crippen LogP contribution in [0.25, 0.3) is 0 Å². The first-order chi connectivity index (χ1) is 14.5. The SMILES string of the molecule is C=C(CCC(C)C1CCC2C(=CCO)C(C3(C)CCC(O)CC3O)CCC21C)C(C)C. The Balaban J connectivity index is 1.79. The van der Waals surface area contributed by atoms with Crippen molar-refractivity contribution < 1.29 is 15.3 Å². The summed E-state index contributed by atoms with van der Waals surface area (Å²) in [5.74, 6) is 2.79. The van der Waals surface area contributed by atoms with Crippen molar-refractivity contribution >= 4 is 0 Å². The van der Waals surface area contributed by atoms with Crippen molar-refractivity contribution in [2.24, 2.45) is 40.4 Å². The van der Waals surface area contributed by atoms with Gasteiger partial charge in [0.2, 0.25) is 0 Å². The lowest BCUT2D eigenvalue weighted by molar-refractivity contribution is -0.0856. The van der Waals surface area contributed by atoms with E-state index in [1.165, 1.54) is 36.8 Å². The first-order valence-electron chi connectivity index (χ1n) is 12.9. The summed E-state index contributed by atoms with van der Waals surface area (Å²) in [7, 11) is 0. The molecule has 3 rings (SSSR count). The molecule has 3 aliphatic rings. The molecule has 8 unspecified atom stereocenters. The van der Waals surface area contributed by atoms with Crippen LogP contribution in [0.5, 0.6) is 0 Å². The highest BCUT2D eigenvalue weighted by Crippen LogP contribution is 2.64. The molecular weight excluding hydrogens is 384 g/mol. The average molecular weight is 433 g/mol. The van der Waals surface area contributed by atoms with Crippen molar-refractivity contribution in [2.75, 3.05) is 6.61 Å². The van der Waals surface area contributed by atoms with E-state index in [2.05, 4.69) is 47.3 Å². The van der Waals surface area contributed by atoms with Crippen LogP contribution in [0.15, 0.2) is 23.8 Å². The van der Waals surface area contributed by atoms with Crippen LogP contribution >= 0.6 is 0 Å². The van der Waals surface area contributed by atoms with Crippen molar-refractivity contribution in [1.29, 1.82) is 0 Å². The summed E-state index contributed by atoms with van der Waals surface area (Å²) in [5.41, 5.74) is 2.87. The lowest BCUT2D eigenvalue weighted by atomic mass is 9.51. The minimum Gasteiger partial charge on any atom is -0.393 e. The zero-order valence-electron chi connectivity index (χ0n) is 20.7. The molecular formula is C28H48O3. The number of aliphatic hydroxyl groups is 3. The van der Waals surface area contributed by atoms with E-state index in [0.29, 0.717) is 36.0 Å². The molecule has 3 saturated carbocycles. The van der Waals surface area contributed by atoms with Gasteiger partial charge in [-0.15, -0.1) is 0 Å². The summed E-state index contributed by atoms with van der Waals surface area (Å²) in [6.45, 7) is 16.0. The van der Waals surface area contributed by atoms with Crippen LogP contribution < -0.4 is 0 Å². The Bertz CT molecular complexity index is 667. The molecule has 31 heavy (non-hydrogen) atoms. The lowest BCUT2D eigenvalue weighted by Crippen LogP contribution is -2.50. The van der Waals surface area contributed by atoms with Gasteiger partial charge >= 0.3 is 0 Å². The van der Waals surface area contributed by atoms with Gasteiger partial charge in [-0.25, -0.2) is 0 Å². The zero-order chi connectivity index (χ0) is 23.0. The number of hydrogen-bond acceptors (Lipinski definition) is 3. The largest absolute Gasteiger partial charge is 0.393 e. The third kappa shape index (κ3) is 4.70. The Labute approximate surface area is 191 Å². The second-order valence-electron chi connectivity index (χ2n) is 12.0. The van der Waals surface area contributed by atoms with E-state index in [9.17, 15) is 15.3 Å². The molecule has 0 radical (unpaired) electrons. The van der Waals surface area contributed by atoms with E-state index in [-0.39, 0.29) is 23.5 Å². The van der Waals surface area contributed by atoms with Gasteiger partial charge in [-0.3, -0.25) is 0 Å². The quantitative estimate of drug-likeness (QED) is 0.440. The van der Waals surface area contributed by atoms with E-state index < -0.39 is 6.10 Å². The molecule has 3 heteroatoms. The topological polar surface area (TPSA) is 60.7 Å². The third-order valence-electron chi connectivity index (χ3n) is 10.0. The highest BCUT2D eigenvalue weighted by molar-refractivity contribution is 5.25. The van der Waals surface area contributed by atoms with Gasteiger partial charge in [0.15, 0.2) is 0 Å². The highest BCUT2D eigenvalue weighted by Gasteiger charge is 2.56. The van der Waals surface area contributed by atoms with Gasteiger partial charge in [0.05, 0.1) is 18.8 Å². The molecule has 0 aromatic rings. The van der Waals surface area contributed by atoms with Crippen LogP contribution in [0.2, 0.25) is 0 Å². The number of aliphatic hydroxyl groups excluding tert-OH is 3. The summed E-state index contributed by atoms with van der Waals surface area (Å²) in [5, 5.41) is 31.0. The van der Waals surface area contributed by atoms with E-state index in [1.807, 2.05) is 0 Å². The van der Waals surface area contributed by atoms with Crippen LogP contribution in [0.1, 0.15) is 92.4 Å². The first-order valence-corrected chi connectivity index (χ1v) is 12.9. The van der Waals surface area contributed by atoms with E-state index in [4.69, 9.17) is 0 Å². The standard InChI is InChI=1S/C28H48O3/c1-18(2)19(3)7-8-20(4)23-9-10-24-22(13-16-29)25(12-15-27(23,24)5)28(6)14-11-21(30)17-26(28)31/h13,18,20-21,23-26,29-31H,3,7-12,14-17H2,1-2,4-6H3. The minimum absolute atomic E-state index is 0.0850. The monoisotopic (exact) mass is 432 g/mol. The predicted molar refractivity (Wildman–Crippen MR) is 129 cm³/mol. The van der Waals surface area contributed by atoms with Crippen molar-refractivity contribution in [3.05, 3.63) is 23.8 Å². The van der Waals surface area contributed by atoms with Crippen LogP contribution in [0.3, 0.4) is 0 Å². The first kappa shape index (κ1) is 25.0. The second-order valence-corrected chi connectivity index (χ2v) is 12.0. The molecule has 0 aliphatic heterocycles. The van der Waals surface area contributed by atoms with Crippen LogP contribution in [-0.4, -0.2) is 34.1 Å². The molecule has 0 spiro atoms. The molecule has 0 saturated heterocycles. The fourth-order valence-electron chi connectivity index (χ4n) is 7.67. The van der Waals surface area contributed by atoms with Gasteiger partial charge in [0.25, 0.3) is 0 Å². The van der Waals surface area contributed by atoms with Gasteiger partial charge in [-0.1, -0.05) is 58.4 Å². The van der Waals surface area contributed by atoms with Crippen molar-refractivity contribution in [1.82, 2.24) is 0 Å². The molecule has 3 N–H and O–H groups in total. The van der Waals surface area contributed by atoms with Gasteiger partial charge < -0.3 is 15.3 Å². The summed E-state index contributed by atoms with van der Waals surface area (Å²) in [6.07, 6.45) is 10.5. The second kappa shape index (κ2) is 9.69. The Morgan fingerprint density at radius 1 is 1.03 bits per heavy atom. The zero-order valence-corrected chi connectivity index (χ0v) is 20.7. The van der Waals surface area contributed by atoms with Crippen molar-refractivity contribution in [3.63, 3.8) is 0 Å². The minimum atomic E-state index is -0.467. The number of fused-ring (bicyclic) bond motifs is 1. The lowest BCUT2D eigenvalue weighted by Gasteiger charge is -2.54. The molecule has 0 bridgehead atoms. The molecule has 3 nitrogen and oxygen atoms in total. The smallest absolute Gasteiger partial charge is 0.0624 e. The molecule has 3 aliphatic carbocycles. The molecule has 8 atom stereocenters. The number of hydrogen-bond donors (Lipinski definition) is 3. The van der Waals surface area contributed by atoms with Crippen molar-refractivity contribution in [3.8, 4) is 0 Å². The Morgan fingerprint density at radius 3 is 2.29 bits per heavy atom. The van der Waals surface area contributed by atoms with Crippen LogP contribution in [0.4, 0.5) is 0 Å². The molecule has 3 fully saturated rings. The third-order valence-corrected chi connectivity index (χ3v) is 10.0. The van der Waals surface area contributed by atoms with Gasteiger partial charge in [-0.2, -0.15) is 0 Å². The molecule has 0 heterocycles. The maximum atomic E-state index is 11.0. The van der Waals surface area contributed by atoms with E-state index in [0.717, 1.165) is 25.7 Å². The molecule has 0 amide bonds. The summed E-state index contributed by atoms with van der Waals surface area (Å²) in [4.78, 5) is 0. The van der Waals surface area contributed by atoms with Gasteiger partial charge in [0.1, 0.15) is 0 Å². The van der Waals surface area contributed by atoms with E-state index >= 15 is 0 Å². The van der Waals surface area contributed by atoms with Gasteiger partial charge in [-0.05, 0) is 92.8 Å². The average Bonchev–Trinajstić information content (AvgIpc) is 3.07. The maximum absolute atomic E-state index is 11.0. The maximum Gasteiger partial charge on any atom is 0.0624 e. The molecule has 178 valence electrons. The molecule has 0 aromatic heterocycles. The number of allylic oxidation sites excluding steroid dienone is 2. The highest BCUT2D eigenvalue weighted by atomic mass is 16.3. The van der Waals surface area contributed by atoms with Gasteiger partial charge in [0, 0.05) is 5.41 Å². The van der Waals surface area contributed by atoms with Crippen molar-refractivity contribution in [2.45, 2.75) is 105 Å². The van der Waals surface area contributed by atoms with E-state index in [1.54, 1.807) is 0 Å². The summed E-state index contributed by atoms with van der Waals surface area (Å²) >= 11 is 0. The Hall–Kier alpha value is -0.640. The normalized spacial score (nSPS) is 43.3. The van der Waals surface area contributed by atoms with Crippen LogP contribution in [-0.2, 0) is 0 Å². The summed E-state index contributed by atoms with van der Waals surface area (Å²) in [6, 6.07) is 0. The Morgan fingerprint density at radius 2 is 1.68 bits per heavy atom. The molecule has 0 aromatic carbocycles. The summed E-state index contributed by atoms with van der Waals surface area (Å²) < 4.78 is 0. The van der Waals surface area contributed by atoms with Crippen LogP contribution in [0, 0.1) is 40.4 Å².